The van der Waals surface area contributed by atoms with E-state index >= 15 is 0 Å². The lowest BCUT2D eigenvalue weighted by Crippen LogP contribution is -2.40. The second-order valence-electron chi connectivity index (χ2n) is 5.93. The molecule has 0 heterocycles. The van der Waals surface area contributed by atoms with E-state index in [1.165, 1.54) is 6.07 Å². The van der Waals surface area contributed by atoms with Crippen LogP contribution in [-0.2, 0) is 11.0 Å². The second kappa shape index (κ2) is 5.20. The van der Waals surface area contributed by atoms with E-state index in [-0.39, 0.29) is 15.6 Å². The van der Waals surface area contributed by atoms with E-state index in [2.05, 4.69) is 33.9 Å². The van der Waals surface area contributed by atoms with Gasteiger partial charge in [-0.15, -0.1) is 0 Å². The summed E-state index contributed by atoms with van der Waals surface area (Å²) in [6, 6.07) is 6.75. The van der Waals surface area contributed by atoms with E-state index in [0.717, 1.165) is 0 Å². The SMILES string of the molecule is CC(C)(C)[Si](C)(C)OCc1ccccc1[N+](=O)[O-]. The first kappa shape index (κ1) is 14.9. The van der Waals surface area contributed by atoms with Crippen LogP contribution in [-0.4, -0.2) is 13.2 Å². The van der Waals surface area contributed by atoms with Gasteiger partial charge in [0.1, 0.15) is 0 Å². The highest BCUT2D eigenvalue weighted by Crippen LogP contribution is 2.37. The summed E-state index contributed by atoms with van der Waals surface area (Å²) in [6.07, 6.45) is 0. The topological polar surface area (TPSA) is 52.4 Å². The Balaban J connectivity index is 2.85. The number of hydrogen-bond donors (Lipinski definition) is 0. The fraction of sp³-hybridized carbons (Fsp3) is 0.538. The van der Waals surface area contributed by atoms with Gasteiger partial charge < -0.3 is 4.43 Å². The molecule has 0 aliphatic heterocycles. The molecule has 0 bridgehead atoms. The molecule has 0 atom stereocenters. The van der Waals surface area contributed by atoms with Crippen molar-refractivity contribution in [3.63, 3.8) is 0 Å². The van der Waals surface area contributed by atoms with Crippen molar-refractivity contribution in [3.8, 4) is 0 Å². The second-order valence-corrected chi connectivity index (χ2v) is 10.7. The Labute approximate surface area is 109 Å². The summed E-state index contributed by atoms with van der Waals surface area (Å²) in [6.45, 7) is 11.0. The molecule has 0 spiro atoms. The predicted molar refractivity (Wildman–Crippen MR) is 75.1 cm³/mol. The lowest BCUT2D eigenvalue weighted by Gasteiger charge is -2.36. The fourth-order valence-corrected chi connectivity index (χ4v) is 2.24. The molecule has 5 heteroatoms. The maximum atomic E-state index is 10.9. The van der Waals surface area contributed by atoms with Gasteiger partial charge in [-0.25, -0.2) is 0 Å². The summed E-state index contributed by atoms with van der Waals surface area (Å²) in [5.74, 6) is 0. The Bertz CT molecular complexity index is 438. The Morgan fingerprint density at radius 3 is 2.33 bits per heavy atom. The van der Waals surface area contributed by atoms with Crippen molar-refractivity contribution in [1.29, 1.82) is 0 Å². The summed E-state index contributed by atoms with van der Waals surface area (Å²) in [5.41, 5.74) is 0.781. The third-order valence-electron chi connectivity index (χ3n) is 3.58. The van der Waals surface area contributed by atoms with Crippen LogP contribution in [0.25, 0.3) is 0 Å². The van der Waals surface area contributed by atoms with Crippen LogP contribution in [0.2, 0.25) is 18.1 Å². The quantitative estimate of drug-likeness (QED) is 0.468. The molecule has 0 saturated heterocycles. The first-order valence-corrected chi connectivity index (χ1v) is 8.92. The van der Waals surface area contributed by atoms with Gasteiger partial charge in [-0.05, 0) is 24.2 Å². The van der Waals surface area contributed by atoms with Crippen molar-refractivity contribution in [1.82, 2.24) is 0 Å². The van der Waals surface area contributed by atoms with E-state index in [1.807, 2.05) is 0 Å². The third kappa shape index (κ3) is 3.40. The van der Waals surface area contributed by atoms with Gasteiger partial charge in [0.25, 0.3) is 5.69 Å². The van der Waals surface area contributed by atoms with Gasteiger partial charge in [0, 0.05) is 6.07 Å². The Morgan fingerprint density at radius 2 is 1.83 bits per heavy atom. The van der Waals surface area contributed by atoms with Gasteiger partial charge in [-0.1, -0.05) is 32.9 Å². The largest absolute Gasteiger partial charge is 0.412 e. The molecule has 18 heavy (non-hydrogen) atoms. The molecule has 1 aromatic carbocycles. The van der Waals surface area contributed by atoms with E-state index in [9.17, 15) is 10.1 Å². The summed E-state index contributed by atoms with van der Waals surface area (Å²) in [4.78, 5) is 10.5. The van der Waals surface area contributed by atoms with Gasteiger partial charge >= 0.3 is 0 Å². The zero-order chi connectivity index (χ0) is 14.0. The summed E-state index contributed by atoms with van der Waals surface area (Å²) in [7, 11) is -1.87. The Morgan fingerprint density at radius 1 is 1.28 bits per heavy atom. The monoisotopic (exact) mass is 267 g/mol. The molecule has 0 amide bonds. The minimum absolute atomic E-state index is 0.108. The number of para-hydroxylation sites is 1. The van der Waals surface area contributed by atoms with Crippen LogP contribution in [0.1, 0.15) is 26.3 Å². The lowest BCUT2D eigenvalue weighted by molar-refractivity contribution is -0.385. The van der Waals surface area contributed by atoms with Crippen molar-refractivity contribution < 1.29 is 9.35 Å². The highest BCUT2D eigenvalue weighted by molar-refractivity contribution is 6.74. The van der Waals surface area contributed by atoms with Gasteiger partial charge in [-0.3, -0.25) is 10.1 Å². The molecule has 4 nitrogen and oxygen atoms in total. The smallest absolute Gasteiger partial charge is 0.274 e. The van der Waals surface area contributed by atoms with Crippen molar-refractivity contribution in [2.45, 2.75) is 45.5 Å². The molecule has 1 rings (SSSR count). The van der Waals surface area contributed by atoms with Crippen molar-refractivity contribution >= 4 is 14.0 Å². The molecule has 0 unspecified atom stereocenters. The van der Waals surface area contributed by atoms with Crippen molar-refractivity contribution in [2.75, 3.05) is 0 Å². The minimum atomic E-state index is -1.87. The number of benzene rings is 1. The Kier molecular flexibility index (Phi) is 4.29. The average molecular weight is 267 g/mol. The van der Waals surface area contributed by atoms with E-state index in [0.29, 0.717) is 12.2 Å². The molecule has 0 fully saturated rings. The molecular weight excluding hydrogens is 246 g/mol. The zero-order valence-electron chi connectivity index (χ0n) is 11.7. The van der Waals surface area contributed by atoms with Gasteiger partial charge in [-0.2, -0.15) is 0 Å². The first-order valence-electron chi connectivity index (χ1n) is 6.01. The number of rotatable bonds is 4. The van der Waals surface area contributed by atoms with Crippen LogP contribution < -0.4 is 0 Å². The zero-order valence-corrected chi connectivity index (χ0v) is 12.7. The van der Waals surface area contributed by atoms with Crippen LogP contribution in [0.15, 0.2) is 24.3 Å². The lowest BCUT2D eigenvalue weighted by atomic mass is 10.2. The van der Waals surface area contributed by atoms with Crippen LogP contribution in [0, 0.1) is 10.1 Å². The predicted octanol–water partition coefficient (Wildman–Crippen LogP) is 4.12. The first-order chi connectivity index (χ1) is 8.15. The van der Waals surface area contributed by atoms with Crippen molar-refractivity contribution in [3.05, 3.63) is 39.9 Å². The summed E-state index contributed by atoms with van der Waals surface area (Å²) < 4.78 is 6.01. The highest BCUT2D eigenvalue weighted by Gasteiger charge is 2.37. The standard InChI is InChI=1S/C13H21NO3Si/c1-13(2,3)18(4,5)17-10-11-8-6-7-9-12(11)14(15)16/h6-9H,10H2,1-5H3. The van der Waals surface area contributed by atoms with Crippen LogP contribution in [0.3, 0.4) is 0 Å². The van der Waals surface area contributed by atoms with E-state index < -0.39 is 8.32 Å². The van der Waals surface area contributed by atoms with Gasteiger partial charge in [0.05, 0.1) is 17.1 Å². The summed E-state index contributed by atoms with van der Waals surface area (Å²) in [5, 5.41) is 11.0. The fourth-order valence-electron chi connectivity index (χ4n) is 1.29. The minimum Gasteiger partial charge on any atom is -0.412 e. The van der Waals surface area contributed by atoms with Crippen LogP contribution >= 0.6 is 0 Å². The highest BCUT2D eigenvalue weighted by atomic mass is 28.4. The molecule has 100 valence electrons. The molecule has 1 aromatic rings. The Hall–Kier alpha value is -1.20. The van der Waals surface area contributed by atoms with Crippen molar-refractivity contribution in [2.24, 2.45) is 0 Å². The van der Waals surface area contributed by atoms with Gasteiger partial charge in [0.15, 0.2) is 8.32 Å². The molecule has 0 saturated carbocycles. The number of nitro benzene ring substituents is 1. The number of nitrogens with zero attached hydrogens (tertiary/aromatic N) is 1. The maximum absolute atomic E-state index is 10.9. The summed E-state index contributed by atoms with van der Waals surface area (Å²) >= 11 is 0. The molecule has 0 aliphatic carbocycles. The van der Waals surface area contributed by atoms with E-state index in [4.69, 9.17) is 4.43 Å². The molecular formula is C13H21NO3Si. The normalized spacial score (nSPS) is 12.5. The number of nitro groups is 1. The van der Waals surface area contributed by atoms with Crippen LogP contribution in [0.5, 0.6) is 0 Å². The number of hydrogen-bond acceptors (Lipinski definition) is 3. The van der Waals surface area contributed by atoms with Gasteiger partial charge in [0.2, 0.25) is 0 Å². The molecule has 0 aromatic heterocycles. The maximum Gasteiger partial charge on any atom is 0.274 e. The van der Waals surface area contributed by atoms with Crippen LogP contribution in [0.4, 0.5) is 5.69 Å². The molecule has 0 N–H and O–H groups in total. The molecule has 0 aliphatic rings. The average Bonchev–Trinajstić information content (AvgIpc) is 2.25. The van der Waals surface area contributed by atoms with E-state index in [1.54, 1.807) is 18.2 Å². The third-order valence-corrected chi connectivity index (χ3v) is 8.06. The molecule has 0 radical (unpaired) electrons.